The van der Waals surface area contributed by atoms with Crippen LogP contribution >= 0.6 is 11.8 Å². The average Bonchev–Trinajstić information content (AvgIpc) is 2.86. The number of carbonyl (C=O) groups is 2. The molecule has 1 unspecified atom stereocenters. The molecule has 1 atom stereocenters. The number of benzene rings is 1. The summed E-state index contributed by atoms with van der Waals surface area (Å²) in [5.41, 5.74) is 9.43. The third kappa shape index (κ3) is 4.72. The highest BCUT2D eigenvalue weighted by atomic mass is 32.2. The zero-order chi connectivity index (χ0) is 26.0. The highest BCUT2D eigenvalue weighted by molar-refractivity contribution is 8.24. The minimum Gasteiger partial charge on any atom is -0.437 e. The Morgan fingerprint density at radius 1 is 1.14 bits per heavy atom. The van der Waals surface area contributed by atoms with E-state index in [0.717, 1.165) is 34.0 Å². The van der Waals surface area contributed by atoms with Gasteiger partial charge in [-0.15, -0.1) is 0 Å². The highest BCUT2D eigenvalue weighted by Crippen LogP contribution is 2.51. The van der Waals surface area contributed by atoms with Crippen LogP contribution in [-0.2, 0) is 4.79 Å². The van der Waals surface area contributed by atoms with Crippen molar-refractivity contribution in [3.05, 3.63) is 71.5 Å². The Labute approximate surface area is 213 Å². The number of rotatable bonds is 5. The minimum absolute atomic E-state index is 0.00924. The van der Waals surface area contributed by atoms with Crippen LogP contribution in [0.15, 0.2) is 59.9 Å². The molecule has 2 amide bonds. The van der Waals surface area contributed by atoms with Gasteiger partial charge in [0.25, 0.3) is 11.8 Å². The number of pyridine rings is 2. The topological polar surface area (TPSA) is 135 Å². The number of ether oxygens (including phenoxy) is 1. The van der Waals surface area contributed by atoms with E-state index in [1.165, 1.54) is 4.90 Å². The summed E-state index contributed by atoms with van der Waals surface area (Å²) >= 11 is 0.875. The number of hydrogen-bond acceptors (Lipinski definition) is 7. The molecule has 10 heteroatoms. The number of nitrogens with zero attached hydrogens (tertiary/aromatic N) is 4. The van der Waals surface area contributed by atoms with Crippen LogP contribution in [0, 0.1) is 10.8 Å². The Morgan fingerprint density at radius 3 is 2.53 bits per heavy atom. The van der Waals surface area contributed by atoms with Crippen LogP contribution in [0.4, 0.5) is 0 Å². The lowest BCUT2D eigenvalue weighted by atomic mass is 9.70. The van der Waals surface area contributed by atoms with Gasteiger partial charge in [-0.05, 0) is 36.0 Å². The number of amides is 2. The second-order valence-corrected chi connectivity index (χ2v) is 9.92. The first-order valence-corrected chi connectivity index (χ1v) is 12.0. The van der Waals surface area contributed by atoms with Crippen LogP contribution in [0.1, 0.15) is 41.3 Å². The van der Waals surface area contributed by atoms with E-state index in [1.807, 2.05) is 30.3 Å². The van der Waals surface area contributed by atoms with E-state index in [9.17, 15) is 9.59 Å². The second-order valence-electron chi connectivity index (χ2n) is 9.03. The van der Waals surface area contributed by atoms with Crippen molar-refractivity contribution in [3.8, 4) is 22.9 Å². The Kier molecular flexibility index (Phi) is 6.89. The summed E-state index contributed by atoms with van der Waals surface area (Å²) in [7, 11) is 3.42. The first-order valence-electron chi connectivity index (χ1n) is 11.1. The molecule has 36 heavy (non-hydrogen) atoms. The molecule has 1 aromatic carbocycles. The maximum absolute atomic E-state index is 13.2. The summed E-state index contributed by atoms with van der Waals surface area (Å²) in [5, 5.41) is 7.19. The molecule has 0 fully saturated rings. The standard InChI is InChI=1S/C26H26N6O3S/c1-26(2,24(34)31-25(28)36-14-27)21-17-11-12-29-13-20(17)35-22-18(21)9-10-19(30-22)15-5-7-16(8-6-15)23(33)32(3)4/h5-14,21,27H,1-4H3,(H2,28,31,34). The van der Waals surface area contributed by atoms with Crippen molar-refractivity contribution < 1.29 is 14.3 Å². The molecule has 1 aliphatic heterocycles. The van der Waals surface area contributed by atoms with Crippen molar-refractivity contribution in [1.82, 2.24) is 14.9 Å². The molecule has 0 saturated heterocycles. The van der Waals surface area contributed by atoms with E-state index in [1.54, 1.807) is 52.5 Å². The van der Waals surface area contributed by atoms with Gasteiger partial charge in [0.05, 0.1) is 22.9 Å². The van der Waals surface area contributed by atoms with Gasteiger partial charge in [-0.3, -0.25) is 14.6 Å². The van der Waals surface area contributed by atoms with Crippen LogP contribution in [0.25, 0.3) is 11.3 Å². The number of aromatic nitrogens is 2. The van der Waals surface area contributed by atoms with Crippen molar-refractivity contribution >= 4 is 34.3 Å². The van der Waals surface area contributed by atoms with Crippen LogP contribution < -0.4 is 10.5 Å². The van der Waals surface area contributed by atoms with Gasteiger partial charge in [0.15, 0.2) is 10.9 Å². The zero-order valence-electron chi connectivity index (χ0n) is 20.4. The summed E-state index contributed by atoms with van der Waals surface area (Å²) in [4.78, 5) is 39.9. The quantitative estimate of drug-likeness (QED) is 0.392. The van der Waals surface area contributed by atoms with Crippen molar-refractivity contribution in [1.29, 1.82) is 5.41 Å². The summed E-state index contributed by atoms with van der Waals surface area (Å²) in [6, 6.07) is 12.8. The van der Waals surface area contributed by atoms with Crippen molar-refractivity contribution in [2.45, 2.75) is 19.8 Å². The maximum Gasteiger partial charge on any atom is 0.254 e. The summed E-state index contributed by atoms with van der Waals surface area (Å²) < 4.78 is 6.12. The van der Waals surface area contributed by atoms with Gasteiger partial charge < -0.3 is 20.8 Å². The first kappa shape index (κ1) is 25.1. The molecule has 184 valence electrons. The largest absolute Gasteiger partial charge is 0.437 e. The van der Waals surface area contributed by atoms with E-state index >= 15 is 0 Å². The third-order valence-electron chi connectivity index (χ3n) is 6.03. The fraction of sp³-hybridized carbons (Fsp3) is 0.231. The predicted molar refractivity (Wildman–Crippen MR) is 141 cm³/mol. The van der Waals surface area contributed by atoms with Gasteiger partial charge in [0.2, 0.25) is 5.88 Å². The molecule has 4 rings (SSSR count). The van der Waals surface area contributed by atoms with Crippen LogP contribution in [0.2, 0.25) is 0 Å². The lowest BCUT2D eigenvalue weighted by molar-refractivity contribution is -0.126. The normalized spacial score (nSPS) is 14.8. The monoisotopic (exact) mass is 502 g/mol. The molecular weight excluding hydrogens is 476 g/mol. The van der Waals surface area contributed by atoms with Crippen LogP contribution in [0.5, 0.6) is 11.6 Å². The van der Waals surface area contributed by atoms with Crippen molar-refractivity contribution in [2.24, 2.45) is 16.1 Å². The van der Waals surface area contributed by atoms with Crippen molar-refractivity contribution in [2.75, 3.05) is 14.1 Å². The lowest BCUT2D eigenvalue weighted by Crippen LogP contribution is -2.34. The molecule has 3 N–H and O–H groups in total. The van der Waals surface area contributed by atoms with Gasteiger partial charge >= 0.3 is 0 Å². The number of carbonyl (C=O) groups excluding carboxylic acids is 2. The van der Waals surface area contributed by atoms with Gasteiger partial charge in [-0.2, -0.15) is 4.99 Å². The Morgan fingerprint density at radius 2 is 1.86 bits per heavy atom. The third-order valence-corrected chi connectivity index (χ3v) is 6.48. The van der Waals surface area contributed by atoms with Gasteiger partial charge in [-0.25, -0.2) is 4.98 Å². The van der Waals surface area contributed by atoms with Gasteiger partial charge in [0, 0.05) is 48.5 Å². The first-order chi connectivity index (χ1) is 17.1. The molecule has 0 spiro atoms. The smallest absolute Gasteiger partial charge is 0.254 e. The molecule has 0 bridgehead atoms. The number of nitrogens with two attached hydrogens (primary N) is 1. The fourth-order valence-corrected chi connectivity index (χ4v) is 4.43. The van der Waals surface area contributed by atoms with Crippen LogP contribution in [0.3, 0.4) is 0 Å². The molecule has 3 aromatic rings. The Bertz CT molecular complexity index is 1370. The molecule has 1 aliphatic rings. The molecule has 9 nitrogen and oxygen atoms in total. The number of nitrogens with one attached hydrogen (secondary N) is 1. The molecule has 0 radical (unpaired) electrons. The van der Waals surface area contributed by atoms with Gasteiger partial charge in [0.1, 0.15) is 0 Å². The Balaban J connectivity index is 1.76. The van der Waals surface area contributed by atoms with E-state index < -0.39 is 17.2 Å². The Hall–Kier alpha value is -4.05. The number of thioether (sulfide) groups is 1. The molecular formula is C26H26N6O3S. The highest BCUT2D eigenvalue weighted by Gasteiger charge is 2.44. The summed E-state index contributed by atoms with van der Waals surface area (Å²) in [6.07, 6.45) is 3.26. The number of hydrogen-bond donors (Lipinski definition) is 2. The maximum atomic E-state index is 13.2. The fourth-order valence-electron chi connectivity index (χ4n) is 4.17. The van der Waals surface area contributed by atoms with E-state index in [4.69, 9.17) is 20.9 Å². The number of amidine groups is 1. The van der Waals surface area contributed by atoms with Crippen LogP contribution in [-0.4, -0.2) is 51.5 Å². The number of aliphatic imine (C=N–C) groups is 1. The van der Waals surface area contributed by atoms with E-state index in [2.05, 4.69) is 9.98 Å². The molecule has 0 saturated carbocycles. The van der Waals surface area contributed by atoms with Crippen molar-refractivity contribution in [3.63, 3.8) is 0 Å². The lowest BCUT2D eigenvalue weighted by Gasteiger charge is -2.36. The molecule has 3 heterocycles. The second kappa shape index (κ2) is 9.90. The summed E-state index contributed by atoms with van der Waals surface area (Å²) in [6.45, 7) is 3.61. The van der Waals surface area contributed by atoms with Gasteiger partial charge in [-0.1, -0.05) is 32.0 Å². The SMILES string of the molecule is CN(C)C(=O)c1ccc(-c2ccc3c(n2)Oc2cnccc2C3C(C)(C)C(=O)N=C(N)SC=N)cc1. The van der Waals surface area contributed by atoms with E-state index in [-0.39, 0.29) is 11.1 Å². The molecule has 2 aromatic heterocycles. The minimum atomic E-state index is -1.00. The average molecular weight is 503 g/mol. The van der Waals surface area contributed by atoms with E-state index in [0.29, 0.717) is 22.9 Å². The zero-order valence-corrected chi connectivity index (χ0v) is 21.2. The number of fused-ring (bicyclic) bond motifs is 2. The predicted octanol–water partition coefficient (Wildman–Crippen LogP) is 4.29. The molecule has 0 aliphatic carbocycles. The summed E-state index contributed by atoms with van der Waals surface area (Å²) in [5.74, 6) is -0.0315.